The van der Waals surface area contributed by atoms with Gasteiger partial charge in [-0.3, -0.25) is 14.4 Å². The lowest BCUT2D eigenvalue weighted by atomic mass is 9.51. The highest BCUT2D eigenvalue weighted by Gasteiger charge is 2.75. The summed E-state index contributed by atoms with van der Waals surface area (Å²) in [6.45, 7) is 21.7. The normalized spacial score (nSPS) is 48.4. The average Bonchev–Trinajstić information content (AvgIpc) is 3.15. The fourth-order valence-corrected chi connectivity index (χ4v) is 11.7. The van der Waals surface area contributed by atoms with E-state index in [0.717, 1.165) is 0 Å². The van der Waals surface area contributed by atoms with Gasteiger partial charge in [0.2, 0.25) is 17.7 Å². The molecule has 3 rings (SSSR count). The van der Waals surface area contributed by atoms with Crippen molar-refractivity contribution in [3.63, 3.8) is 0 Å². The number of hydrogen-bond donors (Lipinski definition) is 9. The topological polar surface area (TPSA) is 273 Å². The first-order valence-corrected chi connectivity index (χ1v) is 22.0. The van der Waals surface area contributed by atoms with Crippen LogP contribution in [0.25, 0.3) is 0 Å². The number of aliphatic hydroxyl groups is 6. The fourth-order valence-electron chi connectivity index (χ4n) is 11.7. The van der Waals surface area contributed by atoms with E-state index in [1.54, 1.807) is 76.2 Å². The number of hydrogen-bond acceptors (Lipinski definition) is 16. The Kier molecular flexibility index (Phi) is 15.9. The van der Waals surface area contributed by atoms with Gasteiger partial charge in [-0.2, -0.15) is 0 Å². The number of nitrogens with one attached hydrogen (secondary N) is 3. The summed E-state index contributed by atoms with van der Waals surface area (Å²) in [4.78, 5) is 38.5. The molecular weight excluding hydrogens is 838 g/mol. The summed E-state index contributed by atoms with van der Waals surface area (Å²) < 4.78 is 44.1. The van der Waals surface area contributed by atoms with Crippen LogP contribution in [-0.2, 0) is 47.5 Å². The highest BCUT2D eigenvalue weighted by Crippen LogP contribution is 2.59. The smallest absolute Gasteiger partial charge is 0.217 e. The number of carbonyl (C=O) groups is 3. The summed E-state index contributed by atoms with van der Waals surface area (Å²) in [5.74, 6) is -3.55. The van der Waals surface area contributed by atoms with Crippen LogP contribution in [0.5, 0.6) is 0 Å². The molecule has 19 heteroatoms. The van der Waals surface area contributed by atoms with Gasteiger partial charge >= 0.3 is 0 Å². The van der Waals surface area contributed by atoms with E-state index in [1.165, 1.54) is 48.8 Å². The van der Waals surface area contributed by atoms with E-state index in [1.807, 2.05) is 0 Å². The van der Waals surface area contributed by atoms with Crippen molar-refractivity contribution in [2.24, 2.45) is 17.3 Å². The maximum Gasteiger partial charge on any atom is 0.217 e. The minimum Gasteiger partial charge on any atom is -0.393 e. The van der Waals surface area contributed by atoms with Gasteiger partial charge in [-0.1, -0.05) is 6.92 Å². The lowest BCUT2D eigenvalue weighted by Gasteiger charge is -2.69. The van der Waals surface area contributed by atoms with Crippen molar-refractivity contribution < 1.29 is 78.2 Å². The molecule has 374 valence electrons. The Morgan fingerprint density at radius 2 is 0.812 bits per heavy atom. The highest BCUT2D eigenvalue weighted by atomic mass is 16.6. The van der Waals surface area contributed by atoms with Crippen LogP contribution in [-0.4, -0.2) is 189 Å². The van der Waals surface area contributed by atoms with Crippen LogP contribution in [0.2, 0.25) is 0 Å². The van der Waals surface area contributed by atoms with Crippen LogP contribution in [0.3, 0.4) is 0 Å². The Morgan fingerprint density at radius 3 is 1.12 bits per heavy atom. The van der Waals surface area contributed by atoms with Crippen LogP contribution < -0.4 is 16.0 Å². The minimum absolute atomic E-state index is 0.0523. The molecule has 6 unspecified atom stereocenters. The second-order valence-electron chi connectivity index (χ2n) is 21.4. The Labute approximate surface area is 379 Å². The first-order valence-electron chi connectivity index (χ1n) is 22.0. The molecule has 3 aliphatic rings. The summed E-state index contributed by atoms with van der Waals surface area (Å²) in [6.07, 6.45) is 0. The van der Waals surface area contributed by atoms with Gasteiger partial charge in [0.05, 0.1) is 115 Å². The molecule has 0 aromatic carbocycles. The molecule has 0 aliphatic carbocycles. The van der Waals surface area contributed by atoms with Gasteiger partial charge in [-0.05, 0) is 83.1 Å². The zero-order chi connectivity index (χ0) is 49.8. The minimum atomic E-state index is -1.96. The van der Waals surface area contributed by atoms with Crippen LogP contribution in [0.1, 0.15) is 111 Å². The number of rotatable bonds is 18. The van der Waals surface area contributed by atoms with Gasteiger partial charge in [0.1, 0.15) is 16.8 Å². The quantitative estimate of drug-likeness (QED) is 0.0883. The second-order valence-corrected chi connectivity index (χ2v) is 21.4. The van der Waals surface area contributed by atoms with E-state index in [9.17, 15) is 45.0 Å². The van der Waals surface area contributed by atoms with Crippen molar-refractivity contribution in [1.29, 1.82) is 0 Å². The maximum atomic E-state index is 13.1. The zero-order valence-corrected chi connectivity index (χ0v) is 41.8. The molecule has 3 aliphatic heterocycles. The third kappa shape index (κ3) is 8.33. The van der Waals surface area contributed by atoms with Gasteiger partial charge in [0.25, 0.3) is 0 Å². The molecule has 19 nitrogen and oxygen atoms in total. The Morgan fingerprint density at radius 1 is 0.484 bits per heavy atom. The van der Waals surface area contributed by atoms with Crippen molar-refractivity contribution in [3.05, 3.63) is 0 Å². The Hall–Kier alpha value is -2.11. The number of amides is 3. The van der Waals surface area contributed by atoms with Gasteiger partial charge in [-0.25, -0.2) is 0 Å². The van der Waals surface area contributed by atoms with Crippen molar-refractivity contribution in [3.8, 4) is 0 Å². The number of aliphatic hydroxyl groups excluding tert-OH is 3. The molecule has 3 heterocycles. The predicted octanol–water partition coefficient (Wildman–Crippen LogP) is 0.108. The fraction of sp³-hybridized carbons (Fsp3) is 0.933. The van der Waals surface area contributed by atoms with Crippen LogP contribution in [0, 0.1) is 17.3 Å². The summed E-state index contributed by atoms with van der Waals surface area (Å²) >= 11 is 0. The number of carbonyl (C=O) groups excluding carboxylic acids is 3. The summed E-state index contributed by atoms with van der Waals surface area (Å²) in [5, 5.41) is 79.4. The first-order chi connectivity index (χ1) is 28.9. The third-order valence-electron chi connectivity index (χ3n) is 17.0. The summed E-state index contributed by atoms with van der Waals surface area (Å²) in [6, 6.07) is 0. The zero-order valence-electron chi connectivity index (χ0n) is 41.8. The molecule has 3 fully saturated rings. The molecular formula is C45H83N3O16. The SMILES string of the molecule is COC[C@]1(C)OC(C)(CO)[C@H](COC[C@]2(C)OC(C)(CO)[C@H](COC[C@]3(C)OC(C)(CO)[C@@](C)(COC)[C@@](C)(O)C3(C)NC(C)=O)[C@@](C)(O)C2(C)NC(C)=O)[C@@](C)(O)C1(C)NC(C)=O. The molecule has 0 radical (unpaired) electrons. The number of methoxy groups -OCH3 is 2. The number of ether oxygens (including phenoxy) is 7. The molecule has 15 atom stereocenters. The maximum absolute atomic E-state index is 13.1. The monoisotopic (exact) mass is 922 g/mol. The predicted molar refractivity (Wildman–Crippen MR) is 234 cm³/mol. The lowest BCUT2D eigenvalue weighted by molar-refractivity contribution is -0.367. The Bertz CT molecular complexity index is 1720. The molecule has 3 saturated heterocycles. The second kappa shape index (κ2) is 18.1. The Balaban J connectivity index is 2.07. The standard InChI is InChI=1S/C45H83N3O16/c1-28(52)46-42(13)37(8,25-59-18)62-33(4,21-49)31(40(42,11)55)19-60-26-38(9)43(14,47-29(2)53)41(12,56)32(34(5,22-50)63-38)20-61-27-39(10)44(15,48-30(3)54)45(16,57)35(6,24-58-17)36(7,23-51)64-39/h31-32,49-51,55-57H,19-27H2,1-18H3,(H,46,52)(H,47,53)(H,48,54)/t31-,32-,33?,34?,35+,36?,37-,38-,39-,40+,41+,42?,43?,44?,45+/m0/s1. The van der Waals surface area contributed by atoms with E-state index in [4.69, 9.17) is 33.2 Å². The summed E-state index contributed by atoms with van der Waals surface area (Å²) in [7, 11) is 2.92. The van der Waals surface area contributed by atoms with Crippen molar-refractivity contribution >= 4 is 17.7 Å². The van der Waals surface area contributed by atoms with E-state index in [0.29, 0.717) is 0 Å². The molecule has 0 spiro atoms. The average molecular weight is 922 g/mol. The van der Waals surface area contributed by atoms with Crippen molar-refractivity contribution in [2.75, 3.05) is 73.7 Å². The first kappa shape index (κ1) is 56.2. The lowest BCUT2D eigenvalue weighted by Crippen LogP contribution is -2.87. The molecule has 0 saturated carbocycles. The molecule has 0 aromatic heterocycles. The van der Waals surface area contributed by atoms with Gasteiger partial charge in [0, 0.05) is 46.8 Å². The summed E-state index contributed by atoms with van der Waals surface area (Å²) in [5.41, 5.74) is -20.6. The molecule has 0 bridgehead atoms. The van der Waals surface area contributed by atoms with Gasteiger partial charge < -0.3 is 79.7 Å². The van der Waals surface area contributed by atoms with Crippen LogP contribution in [0.4, 0.5) is 0 Å². The molecule has 0 aromatic rings. The van der Waals surface area contributed by atoms with Gasteiger partial charge in [-0.15, -0.1) is 0 Å². The van der Waals surface area contributed by atoms with Crippen LogP contribution >= 0.6 is 0 Å². The van der Waals surface area contributed by atoms with Crippen LogP contribution in [0.15, 0.2) is 0 Å². The van der Waals surface area contributed by atoms with E-state index >= 15 is 0 Å². The van der Waals surface area contributed by atoms with E-state index in [-0.39, 0.29) is 39.6 Å². The molecule has 9 N–H and O–H groups in total. The van der Waals surface area contributed by atoms with E-state index in [2.05, 4.69) is 16.0 Å². The van der Waals surface area contributed by atoms with E-state index < -0.39 is 122 Å². The van der Waals surface area contributed by atoms with Crippen molar-refractivity contribution in [2.45, 2.75) is 178 Å². The van der Waals surface area contributed by atoms with Crippen molar-refractivity contribution in [1.82, 2.24) is 16.0 Å². The molecule has 64 heavy (non-hydrogen) atoms. The third-order valence-corrected chi connectivity index (χ3v) is 17.0. The molecule has 3 amide bonds. The largest absolute Gasteiger partial charge is 0.393 e. The van der Waals surface area contributed by atoms with Gasteiger partial charge in [0.15, 0.2) is 0 Å². The highest BCUT2D eigenvalue weighted by molar-refractivity contribution is 5.75.